The largest absolute Gasteiger partial charge is 0.355 e. The fourth-order valence-corrected chi connectivity index (χ4v) is 3.62. The molecular formula is C15H16N6OS. The van der Waals surface area contributed by atoms with E-state index in [-0.39, 0.29) is 11.6 Å². The van der Waals surface area contributed by atoms with Gasteiger partial charge in [-0.3, -0.25) is 9.97 Å². The number of anilines is 1. The highest BCUT2D eigenvalue weighted by Crippen LogP contribution is 2.28. The first-order chi connectivity index (χ1) is 11.3. The minimum absolute atomic E-state index is 0.204. The molecule has 3 aromatic rings. The molecule has 4 heterocycles. The van der Waals surface area contributed by atoms with Crippen LogP contribution in [0.25, 0.3) is 10.6 Å². The number of hydrogen-bond acceptors (Lipinski definition) is 6. The van der Waals surface area contributed by atoms with Crippen LogP contribution in [0, 0.1) is 0 Å². The van der Waals surface area contributed by atoms with E-state index in [0.717, 1.165) is 48.1 Å². The van der Waals surface area contributed by atoms with Gasteiger partial charge in [-0.25, -0.2) is 14.9 Å². The smallest absolute Gasteiger partial charge is 0.340 e. The fourth-order valence-electron chi connectivity index (χ4n) is 2.94. The first-order valence-corrected chi connectivity index (χ1v) is 8.43. The monoisotopic (exact) mass is 328 g/mol. The van der Waals surface area contributed by atoms with E-state index in [1.54, 1.807) is 23.7 Å². The summed E-state index contributed by atoms with van der Waals surface area (Å²) in [5, 5.41) is 8.55. The van der Waals surface area contributed by atoms with Crippen LogP contribution in [-0.4, -0.2) is 38.2 Å². The number of aromatic nitrogens is 5. The summed E-state index contributed by atoms with van der Waals surface area (Å²) in [4.78, 5) is 26.4. The molecule has 0 saturated carbocycles. The lowest BCUT2D eigenvalue weighted by molar-refractivity contribution is 0.489. The zero-order valence-electron chi connectivity index (χ0n) is 12.4. The van der Waals surface area contributed by atoms with Crippen molar-refractivity contribution in [3.8, 4) is 10.6 Å². The number of hydrogen-bond donors (Lipinski definition) is 2. The number of aromatic amines is 2. The molecule has 0 radical (unpaired) electrons. The Morgan fingerprint density at radius 3 is 3.09 bits per heavy atom. The zero-order valence-corrected chi connectivity index (χ0v) is 13.2. The van der Waals surface area contributed by atoms with Crippen molar-refractivity contribution in [1.82, 2.24) is 25.1 Å². The van der Waals surface area contributed by atoms with Crippen molar-refractivity contribution in [1.29, 1.82) is 0 Å². The van der Waals surface area contributed by atoms with Crippen molar-refractivity contribution in [2.75, 3.05) is 18.0 Å². The quantitative estimate of drug-likeness (QED) is 0.767. The van der Waals surface area contributed by atoms with E-state index in [1.807, 2.05) is 17.5 Å². The van der Waals surface area contributed by atoms with Crippen molar-refractivity contribution >= 4 is 17.2 Å². The Labute approximate surface area is 136 Å². The van der Waals surface area contributed by atoms with E-state index in [0.29, 0.717) is 0 Å². The molecule has 0 bridgehead atoms. The van der Waals surface area contributed by atoms with Crippen molar-refractivity contribution < 1.29 is 0 Å². The van der Waals surface area contributed by atoms with Gasteiger partial charge in [-0.2, -0.15) is 5.10 Å². The standard InChI is InChI=1S/C15H16N6OS/c22-15-18-14(19-20-15)10-3-1-5-21(9-10)13-8-16-7-11(17-13)12-4-2-6-23-12/h2,4,6-8,10H,1,3,5,9H2,(H2,18,19,20,22). The number of rotatable bonds is 3. The molecule has 1 atom stereocenters. The fraction of sp³-hybridized carbons (Fsp3) is 0.333. The van der Waals surface area contributed by atoms with Gasteiger partial charge >= 0.3 is 5.69 Å². The normalized spacial score (nSPS) is 18.3. The summed E-state index contributed by atoms with van der Waals surface area (Å²) < 4.78 is 0. The van der Waals surface area contributed by atoms with Gasteiger partial charge in [0.15, 0.2) is 0 Å². The summed E-state index contributed by atoms with van der Waals surface area (Å²) in [6.45, 7) is 1.72. The highest BCUT2D eigenvalue weighted by atomic mass is 32.1. The maximum absolute atomic E-state index is 11.3. The van der Waals surface area contributed by atoms with E-state index in [4.69, 9.17) is 4.98 Å². The maximum Gasteiger partial charge on any atom is 0.340 e. The van der Waals surface area contributed by atoms with Crippen LogP contribution >= 0.6 is 11.3 Å². The Bertz CT molecular complexity index is 840. The Kier molecular flexibility index (Phi) is 3.66. The van der Waals surface area contributed by atoms with Gasteiger partial charge in [0.2, 0.25) is 0 Å². The zero-order chi connectivity index (χ0) is 15.6. The molecule has 0 amide bonds. The van der Waals surface area contributed by atoms with Crippen LogP contribution in [0.5, 0.6) is 0 Å². The van der Waals surface area contributed by atoms with Crippen LogP contribution in [0.4, 0.5) is 5.82 Å². The van der Waals surface area contributed by atoms with E-state index < -0.39 is 0 Å². The van der Waals surface area contributed by atoms with Crippen LogP contribution < -0.4 is 10.6 Å². The number of H-pyrrole nitrogens is 2. The van der Waals surface area contributed by atoms with Gasteiger partial charge in [0.25, 0.3) is 0 Å². The number of nitrogens with one attached hydrogen (secondary N) is 2. The second kappa shape index (κ2) is 5.96. The van der Waals surface area contributed by atoms with Crippen LogP contribution in [0.1, 0.15) is 24.6 Å². The molecule has 23 heavy (non-hydrogen) atoms. The first-order valence-electron chi connectivity index (χ1n) is 7.55. The number of piperidine rings is 1. The molecule has 4 rings (SSSR count). The molecule has 1 unspecified atom stereocenters. The third-order valence-corrected chi connectivity index (χ3v) is 4.94. The maximum atomic E-state index is 11.3. The van der Waals surface area contributed by atoms with E-state index >= 15 is 0 Å². The lowest BCUT2D eigenvalue weighted by Crippen LogP contribution is -2.35. The van der Waals surface area contributed by atoms with Crippen LogP contribution in [-0.2, 0) is 0 Å². The Morgan fingerprint density at radius 2 is 2.30 bits per heavy atom. The topological polar surface area (TPSA) is 90.6 Å². The molecule has 118 valence electrons. The van der Waals surface area contributed by atoms with Gasteiger partial charge in [0, 0.05) is 19.0 Å². The summed E-state index contributed by atoms with van der Waals surface area (Å²) in [5.41, 5.74) is 0.643. The van der Waals surface area contributed by atoms with E-state index in [1.165, 1.54) is 0 Å². The molecule has 3 aromatic heterocycles. The number of nitrogens with zero attached hydrogens (tertiary/aromatic N) is 4. The molecule has 1 fully saturated rings. The average molecular weight is 328 g/mol. The predicted molar refractivity (Wildman–Crippen MR) is 88.7 cm³/mol. The summed E-state index contributed by atoms with van der Waals surface area (Å²) in [6.07, 6.45) is 5.63. The Balaban J connectivity index is 1.58. The van der Waals surface area contributed by atoms with Crippen LogP contribution in [0.15, 0.2) is 34.7 Å². The van der Waals surface area contributed by atoms with E-state index in [2.05, 4.69) is 25.1 Å². The Hall–Kier alpha value is -2.48. The first kappa shape index (κ1) is 14.1. The number of thiophene rings is 1. The second-order valence-electron chi connectivity index (χ2n) is 5.59. The van der Waals surface area contributed by atoms with E-state index in [9.17, 15) is 4.79 Å². The Morgan fingerprint density at radius 1 is 1.35 bits per heavy atom. The summed E-state index contributed by atoms with van der Waals surface area (Å²) in [6, 6.07) is 4.06. The molecule has 0 spiro atoms. The molecule has 2 N–H and O–H groups in total. The van der Waals surface area contributed by atoms with Crippen molar-refractivity contribution in [3.05, 3.63) is 46.2 Å². The molecule has 1 aliphatic heterocycles. The van der Waals surface area contributed by atoms with Gasteiger partial charge in [0.1, 0.15) is 17.3 Å². The molecule has 1 saturated heterocycles. The minimum atomic E-state index is -0.253. The van der Waals surface area contributed by atoms with Crippen LogP contribution in [0.3, 0.4) is 0 Å². The predicted octanol–water partition coefficient (Wildman–Crippen LogP) is 2.00. The SMILES string of the molecule is O=c1[nH]nc(C2CCCN(c3cncc(-c4cccs4)n3)C2)[nH]1. The molecule has 0 aliphatic carbocycles. The molecule has 7 nitrogen and oxygen atoms in total. The molecule has 1 aliphatic rings. The third kappa shape index (κ3) is 2.89. The third-order valence-electron chi connectivity index (χ3n) is 4.05. The highest BCUT2D eigenvalue weighted by Gasteiger charge is 2.25. The molecule has 8 heteroatoms. The van der Waals surface area contributed by atoms with Crippen LogP contribution in [0.2, 0.25) is 0 Å². The minimum Gasteiger partial charge on any atom is -0.355 e. The molecule has 0 aromatic carbocycles. The summed E-state index contributed by atoms with van der Waals surface area (Å²) in [5.74, 6) is 1.80. The lowest BCUT2D eigenvalue weighted by Gasteiger charge is -2.32. The van der Waals surface area contributed by atoms with Crippen molar-refractivity contribution in [2.45, 2.75) is 18.8 Å². The van der Waals surface area contributed by atoms with Gasteiger partial charge in [-0.15, -0.1) is 11.3 Å². The van der Waals surface area contributed by atoms with Gasteiger partial charge in [-0.05, 0) is 24.3 Å². The van der Waals surface area contributed by atoms with Crippen molar-refractivity contribution in [2.24, 2.45) is 0 Å². The van der Waals surface area contributed by atoms with Crippen molar-refractivity contribution in [3.63, 3.8) is 0 Å². The highest BCUT2D eigenvalue weighted by molar-refractivity contribution is 7.13. The van der Waals surface area contributed by atoms with Gasteiger partial charge in [-0.1, -0.05) is 6.07 Å². The summed E-state index contributed by atoms with van der Waals surface area (Å²) >= 11 is 1.66. The van der Waals surface area contributed by atoms with Gasteiger partial charge in [0.05, 0.1) is 17.3 Å². The lowest BCUT2D eigenvalue weighted by atomic mass is 9.97. The average Bonchev–Trinajstić information content (AvgIpc) is 3.27. The van der Waals surface area contributed by atoms with Gasteiger partial charge < -0.3 is 4.90 Å². The molecular weight excluding hydrogens is 312 g/mol. The second-order valence-corrected chi connectivity index (χ2v) is 6.54. The summed E-state index contributed by atoms with van der Waals surface area (Å²) in [7, 11) is 0.